The van der Waals surface area contributed by atoms with E-state index in [4.69, 9.17) is 5.73 Å². The Morgan fingerprint density at radius 1 is 1.40 bits per heavy atom. The molecular weight excluding hydrogens is 388 g/mol. The monoisotopic (exact) mass is 404 g/mol. The lowest BCUT2D eigenvalue weighted by atomic mass is 10.0. The third-order valence-corrected chi connectivity index (χ3v) is 5.20. The Balaban J connectivity index is 1.89. The maximum Gasteiger partial charge on any atom is 0.255 e. The van der Waals surface area contributed by atoms with Gasteiger partial charge >= 0.3 is 0 Å². The average molecular weight is 405 g/mol. The molecular formula is C17H17BrN4O3. The number of halogens is 1. The molecule has 130 valence electrons. The molecule has 8 heteroatoms. The van der Waals surface area contributed by atoms with Gasteiger partial charge in [0, 0.05) is 37.3 Å². The van der Waals surface area contributed by atoms with Crippen molar-refractivity contribution in [3.8, 4) is 0 Å². The molecule has 1 fully saturated rings. The van der Waals surface area contributed by atoms with Crippen LogP contribution in [0.15, 0.2) is 29.4 Å². The van der Waals surface area contributed by atoms with E-state index in [0.29, 0.717) is 23.1 Å². The van der Waals surface area contributed by atoms with E-state index in [2.05, 4.69) is 26.2 Å². The number of imide groups is 1. The highest BCUT2D eigenvalue weighted by atomic mass is 79.9. The van der Waals surface area contributed by atoms with Crippen molar-refractivity contribution >= 4 is 43.8 Å². The highest BCUT2D eigenvalue weighted by Crippen LogP contribution is 2.30. The first-order valence-electron chi connectivity index (χ1n) is 7.78. The van der Waals surface area contributed by atoms with E-state index in [1.165, 1.54) is 11.1 Å². The molecule has 0 bridgehead atoms. The Kier molecular flexibility index (Phi) is 4.71. The van der Waals surface area contributed by atoms with Crippen LogP contribution >= 0.6 is 15.9 Å². The molecule has 1 aromatic carbocycles. The number of nitrogens with zero attached hydrogens (tertiary/aromatic N) is 2. The smallest absolute Gasteiger partial charge is 0.255 e. The number of nitrogens with two attached hydrogens (primary N) is 1. The van der Waals surface area contributed by atoms with Crippen molar-refractivity contribution in [2.75, 3.05) is 7.05 Å². The molecule has 3 N–H and O–H groups in total. The van der Waals surface area contributed by atoms with Crippen LogP contribution < -0.4 is 11.1 Å². The Morgan fingerprint density at radius 3 is 2.80 bits per heavy atom. The molecule has 1 saturated heterocycles. The quantitative estimate of drug-likeness (QED) is 0.582. The SMILES string of the molecule is CN=C(Br)C(=CN)c1ccc2c(c1)CN(C1CCC(=O)NC1=O)C2=O. The molecule has 1 unspecified atom stereocenters. The van der Waals surface area contributed by atoms with Gasteiger partial charge in [-0.25, -0.2) is 0 Å². The summed E-state index contributed by atoms with van der Waals surface area (Å²) >= 11 is 3.36. The number of fused-ring (bicyclic) bond motifs is 1. The largest absolute Gasteiger partial charge is 0.404 e. The molecule has 0 aliphatic carbocycles. The summed E-state index contributed by atoms with van der Waals surface area (Å²) in [5.74, 6) is -0.910. The molecule has 3 amide bonds. The first-order valence-corrected chi connectivity index (χ1v) is 8.58. The normalized spacial score (nSPS) is 21.4. The molecule has 0 saturated carbocycles. The summed E-state index contributed by atoms with van der Waals surface area (Å²) in [6.45, 7) is 0.326. The molecule has 0 radical (unpaired) electrons. The highest BCUT2D eigenvalue weighted by molar-refractivity contribution is 9.18. The predicted molar refractivity (Wildman–Crippen MR) is 96.9 cm³/mol. The van der Waals surface area contributed by atoms with E-state index in [1.807, 2.05) is 6.07 Å². The zero-order valence-electron chi connectivity index (χ0n) is 13.6. The number of hydrogen-bond donors (Lipinski definition) is 2. The first-order chi connectivity index (χ1) is 12.0. The molecule has 1 aromatic rings. The van der Waals surface area contributed by atoms with E-state index >= 15 is 0 Å². The first kappa shape index (κ1) is 17.3. The van der Waals surface area contributed by atoms with Crippen LogP contribution in [0.1, 0.15) is 34.3 Å². The zero-order valence-corrected chi connectivity index (χ0v) is 15.2. The van der Waals surface area contributed by atoms with Crippen molar-refractivity contribution < 1.29 is 14.4 Å². The van der Waals surface area contributed by atoms with Crippen molar-refractivity contribution in [1.82, 2.24) is 10.2 Å². The zero-order chi connectivity index (χ0) is 18.1. The third-order valence-electron chi connectivity index (χ3n) is 4.42. The number of carbonyl (C=O) groups excluding carboxylic acids is 3. The molecule has 3 rings (SSSR count). The van der Waals surface area contributed by atoms with Crippen molar-refractivity contribution in [3.05, 3.63) is 41.1 Å². The van der Waals surface area contributed by atoms with Gasteiger partial charge in [-0.1, -0.05) is 6.07 Å². The van der Waals surface area contributed by atoms with Crippen LogP contribution in [0.4, 0.5) is 0 Å². The average Bonchev–Trinajstić information content (AvgIpc) is 2.91. The number of piperidine rings is 1. The van der Waals surface area contributed by atoms with Gasteiger partial charge in [0.05, 0.1) is 0 Å². The van der Waals surface area contributed by atoms with E-state index in [9.17, 15) is 14.4 Å². The van der Waals surface area contributed by atoms with Crippen LogP contribution in [0.5, 0.6) is 0 Å². The number of allylic oxidation sites excluding steroid dienone is 1. The number of benzene rings is 1. The third kappa shape index (κ3) is 3.09. The number of hydrogen-bond acceptors (Lipinski definition) is 5. The van der Waals surface area contributed by atoms with Crippen molar-refractivity contribution in [3.63, 3.8) is 0 Å². The van der Waals surface area contributed by atoms with Gasteiger partial charge in [-0.2, -0.15) is 0 Å². The molecule has 0 aromatic heterocycles. The summed E-state index contributed by atoms with van der Waals surface area (Å²) in [5, 5.41) is 2.30. The minimum atomic E-state index is -0.616. The van der Waals surface area contributed by atoms with Gasteiger partial charge in [0.15, 0.2) is 0 Å². The summed E-state index contributed by atoms with van der Waals surface area (Å²) in [6.07, 6.45) is 2.04. The van der Waals surface area contributed by atoms with E-state index in [0.717, 1.165) is 16.7 Å². The number of rotatable bonds is 3. The number of nitrogens with one attached hydrogen (secondary N) is 1. The molecule has 2 aliphatic heterocycles. The Morgan fingerprint density at radius 2 is 2.16 bits per heavy atom. The molecule has 0 spiro atoms. The van der Waals surface area contributed by atoms with Gasteiger partial charge in [0.2, 0.25) is 11.8 Å². The fourth-order valence-corrected chi connectivity index (χ4v) is 3.51. The second-order valence-corrected chi connectivity index (χ2v) is 6.62. The van der Waals surface area contributed by atoms with E-state index < -0.39 is 11.9 Å². The summed E-state index contributed by atoms with van der Waals surface area (Å²) in [6, 6.07) is 4.80. The number of amides is 3. The number of aliphatic imine (C=N–C) groups is 1. The summed E-state index contributed by atoms with van der Waals surface area (Å²) < 4.78 is 0.612. The highest BCUT2D eigenvalue weighted by Gasteiger charge is 2.39. The lowest BCUT2D eigenvalue weighted by Crippen LogP contribution is -2.52. The Bertz CT molecular complexity index is 831. The van der Waals surface area contributed by atoms with Gasteiger partial charge in [0.1, 0.15) is 10.7 Å². The fourth-order valence-electron chi connectivity index (χ4n) is 3.15. The van der Waals surface area contributed by atoms with Crippen LogP contribution in [0.3, 0.4) is 0 Å². The lowest BCUT2D eigenvalue weighted by Gasteiger charge is -2.29. The molecule has 2 heterocycles. The standard InChI is InChI=1S/C17H17BrN4O3/c1-20-15(18)12(7-19)9-2-3-11-10(6-9)8-22(17(11)25)13-4-5-14(23)21-16(13)24/h2-3,6-7,13H,4-5,8,19H2,1H3,(H,21,23,24). The van der Waals surface area contributed by atoms with Gasteiger partial charge in [0.25, 0.3) is 5.91 Å². The minimum absolute atomic E-state index is 0.197. The van der Waals surface area contributed by atoms with Crippen LogP contribution in [0, 0.1) is 0 Å². The van der Waals surface area contributed by atoms with Gasteiger partial charge < -0.3 is 10.6 Å². The maximum absolute atomic E-state index is 12.7. The molecule has 7 nitrogen and oxygen atoms in total. The summed E-state index contributed by atoms with van der Waals surface area (Å²) in [5.41, 5.74) is 8.63. The van der Waals surface area contributed by atoms with Gasteiger partial charge in [-0.15, -0.1) is 0 Å². The predicted octanol–water partition coefficient (Wildman–Crippen LogP) is 1.17. The van der Waals surface area contributed by atoms with Crippen molar-refractivity contribution in [2.45, 2.75) is 25.4 Å². The van der Waals surface area contributed by atoms with Crippen molar-refractivity contribution in [2.24, 2.45) is 10.7 Å². The van der Waals surface area contributed by atoms with Crippen LogP contribution in [-0.2, 0) is 16.1 Å². The second-order valence-electron chi connectivity index (χ2n) is 5.87. The fraction of sp³-hybridized carbons (Fsp3) is 0.294. The number of carbonyl (C=O) groups is 3. The van der Waals surface area contributed by atoms with Gasteiger partial charge in [-0.3, -0.25) is 24.7 Å². The minimum Gasteiger partial charge on any atom is -0.404 e. The molecule has 2 aliphatic rings. The van der Waals surface area contributed by atoms with E-state index in [-0.39, 0.29) is 18.2 Å². The maximum atomic E-state index is 12.7. The summed E-state index contributed by atoms with van der Waals surface area (Å²) in [4.78, 5) is 41.6. The Hall–Kier alpha value is -2.48. The van der Waals surface area contributed by atoms with Crippen molar-refractivity contribution in [1.29, 1.82) is 0 Å². The Labute approximate surface area is 153 Å². The second kappa shape index (κ2) is 6.79. The van der Waals surface area contributed by atoms with Gasteiger partial charge in [-0.05, 0) is 45.6 Å². The van der Waals surface area contributed by atoms with Crippen LogP contribution in [0.2, 0.25) is 0 Å². The van der Waals surface area contributed by atoms with E-state index in [1.54, 1.807) is 19.2 Å². The summed E-state index contributed by atoms with van der Waals surface area (Å²) in [7, 11) is 1.65. The lowest BCUT2D eigenvalue weighted by molar-refractivity contribution is -0.136. The molecule has 1 atom stereocenters. The van der Waals surface area contributed by atoms with Crippen LogP contribution in [0.25, 0.3) is 5.57 Å². The topological polar surface area (TPSA) is 105 Å². The van der Waals surface area contributed by atoms with Crippen LogP contribution in [-0.4, -0.2) is 40.3 Å². The molecule has 25 heavy (non-hydrogen) atoms.